The maximum Gasteiger partial charge on any atom is 0.262 e. The third kappa shape index (κ3) is 11.4. The molecule has 0 radical (unpaired) electrons. The van der Waals surface area contributed by atoms with Crippen LogP contribution in [0.15, 0.2) is 97.3 Å². The number of carbonyl (C=O) groups excluding carboxylic acids is 2. The molecule has 2 aliphatic heterocycles. The molecule has 0 bridgehead atoms. The van der Waals surface area contributed by atoms with Crippen molar-refractivity contribution in [2.45, 2.75) is 6.42 Å². The monoisotopic (exact) mass is 822 g/mol. The lowest BCUT2D eigenvalue weighted by Gasteiger charge is -2.27. The molecule has 300 valence electrons. The Hall–Kier alpha value is -5.80. The number of nitrogens with one attached hydrogen (secondary N) is 3. The fraction of sp³-hybridized carbons (Fsp3) is 0.286. The number of aromatic nitrogens is 4. The van der Waals surface area contributed by atoms with Gasteiger partial charge in [-0.2, -0.15) is 0 Å². The zero-order chi connectivity index (χ0) is 40.3. The summed E-state index contributed by atoms with van der Waals surface area (Å²) in [6.45, 7) is 7.47. The number of amides is 2. The second kappa shape index (κ2) is 19.6. The number of ether oxygens (including phenoxy) is 2. The highest BCUT2D eigenvalue weighted by molar-refractivity contribution is 6.30. The summed E-state index contributed by atoms with van der Waals surface area (Å²) in [6, 6.07) is 25.0. The van der Waals surface area contributed by atoms with Gasteiger partial charge in [0, 0.05) is 90.4 Å². The van der Waals surface area contributed by atoms with Crippen LogP contribution in [0.3, 0.4) is 0 Å². The molecule has 0 unspecified atom stereocenters. The molecule has 14 nitrogen and oxygen atoms in total. The Morgan fingerprint density at radius 1 is 0.638 bits per heavy atom. The molecular formula is C42H44Cl2N10O4. The summed E-state index contributed by atoms with van der Waals surface area (Å²) in [7, 11) is 2.14. The summed E-state index contributed by atoms with van der Waals surface area (Å²) in [6.07, 6.45) is 4.70. The molecule has 3 N–H and O–H groups in total. The molecule has 2 aromatic heterocycles. The summed E-state index contributed by atoms with van der Waals surface area (Å²) in [4.78, 5) is 49.4. The molecule has 0 atom stereocenters. The maximum absolute atomic E-state index is 12.2. The first-order chi connectivity index (χ1) is 28.2. The van der Waals surface area contributed by atoms with Crippen LogP contribution in [0.5, 0.6) is 11.5 Å². The van der Waals surface area contributed by atoms with Crippen molar-refractivity contribution in [3.63, 3.8) is 0 Å². The lowest BCUT2D eigenvalue weighted by molar-refractivity contribution is -0.118. The number of hydrogen-bond donors (Lipinski definition) is 3. The van der Waals surface area contributed by atoms with Crippen LogP contribution < -0.4 is 35.2 Å². The van der Waals surface area contributed by atoms with Gasteiger partial charge >= 0.3 is 0 Å². The normalized spacial score (nSPS) is 14.6. The molecule has 2 amide bonds. The summed E-state index contributed by atoms with van der Waals surface area (Å²) >= 11 is 11.7. The Labute approximate surface area is 346 Å². The van der Waals surface area contributed by atoms with E-state index in [0.29, 0.717) is 32.9 Å². The van der Waals surface area contributed by atoms with Crippen LogP contribution in [0, 0.1) is 0 Å². The third-order valence-corrected chi connectivity index (χ3v) is 9.97. The van der Waals surface area contributed by atoms with Gasteiger partial charge in [0.1, 0.15) is 11.5 Å². The molecule has 0 aliphatic carbocycles. The van der Waals surface area contributed by atoms with Gasteiger partial charge in [0.15, 0.2) is 13.2 Å². The fourth-order valence-corrected chi connectivity index (χ4v) is 6.62. The van der Waals surface area contributed by atoms with Crippen molar-refractivity contribution in [1.29, 1.82) is 0 Å². The van der Waals surface area contributed by atoms with E-state index in [1.807, 2.05) is 42.6 Å². The molecule has 2 aliphatic rings. The van der Waals surface area contributed by atoms with Gasteiger partial charge in [-0.15, -0.1) is 0 Å². The highest BCUT2D eigenvalue weighted by Crippen LogP contribution is 2.23. The highest BCUT2D eigenvalue weighted by Gasteiger charge is 2.16. The number of anilines is 4. The summed E-state index contributed by atoms with van der Waals surface area (Å²) in [5.41, 5.74) is 3.06. The van der Waals surface area contributed by atoms with Crippen molar-refractivity contribution in [2.75, 3.05) is 93.1 Å². The van der Waals surface area contributed by atoms with E-state index in [4.69, 9.17) is 37.7 Å². The Kier molecular flexibility index (Phi) is 13.6. The molecule has 2 fully saturated rings. The van der Waals surface area contributed by atoms with Crippen LogP contribution in [0.25, 0.3) is 21.8 Å². The van der Waals surface area contributed by atoms with Gasteiger partial charge in [-0.1, -0.05) is 23.2 Å². The third-order valence-electron chi connectivity index (χ3n) is 9.47. The molecule has 58 heavy (non-hydrogen) atoms. The van der Waals surface area contributed by atoms with Crippen molar-refractivity contribution in [3.8, 4) is 11.5 Å². The summed E-state index contributed by atoms with van der Waals surface area (Å²) in [5, 5.41) is 12.0. The van der Waals surface area contributed by atoms with Crippen molar-refractivity contribution in [3.05, 3.63) is 107 Å². The fourth-order valence-electron chi connectivity index (χ4n) is 6.37. The first-order valence-corrected chi connectivity index (χ1v) is 19.8. The van der Waals surface area contributed by atoms with Gasteiger partial charge in [0.2, 0.25) is 11.9 Å². The lowest BCUT2D eigenvalue weighted by Crippen LogP contribution is -2.44. The minimum Gasteiger partial charge on any atom is -0.484 e. The minimum atomic E-state index is -0.243. The van der Waals surface area contributed by atoms with Gasteiger partial charge in [0.25, 0.3) is 11.8 Å². The molecule has 6 aromatic rings. The number of benzene rings is 4. The summed E-state index contributed by atoms with van der Waals surface area (Å²) < 4.78 is 10.9. The van der Waals surface area contributed by atoms with Gasteiger partial charge in [-0.3, -0.25) is 9.59 Å². The molecule has 0 spiro atoms. The van der Waals surface area contributed by atoms with Crippen molar-refractivity contribution >= 4 is 80.1 Å². The number of nitrogens with zero attached hydrogens (tertiary/aromatic N) is 7. The van der Waals surface area contributed by atoms with E-state index in [0.717, 1.165) is 92.5 Å². The first-order valence-electron chi connectivity index (χ1n) is 19.0. The zero-order valence-electron chi connectivity index (χ0n) is 32.0. The van der Waals surface area contributed by atoms with Gasteiger partial charge < -0.3 is 40.1 Å². The molecule has 8 rings (SSSR count). The molecule has 4 aromatic carbocycles. The number of rotatable bonds is 10. The SMILES string of the molecule is CN1CCCN(c2ncc3cc(NC(=O)COc4ccc(Cl)cc4)ccc3n2)CC1.O=C(COc1ccc(Cl)cc1)Nc1ccc2nc(N3CCNCC3)ncc2c1. The average molecular weight is 824 g/mol. The first kappa shape index (κ1) is 40.4. The van der Waals surface area contributed by atoms with Crippen LogP contribution in [0.4, 0.5) is 23.3 Å². The van der Waals surface area contributed by atoms with E-state index in [-0.39, 0.29) is 25.0 Å². The van der Waals surface area contributed by atoms with E-state index >= 15 is 0 Å². The Bertz CT molecular complexity index is 2330. The molecule has 4 heterocycles. The second-order valence-electron chi connectivity index (χ2n) is 13.8. The Balaban J connectivity index is 0.000000177. The van der Waals surface area contributed by atoms with Crippen LogP contribution in [-0.4, -0.2) is 109 Å². The summed E-state index contributed by atoms with van der Waals surface area (Å²) in [5.74, 6) is 2.19. The number of likely N-dealkylation sites (N-methyl/N-ethyl adjacent to an activating group) is 1. The quantitative estimate of drug-likeness (QED) is 0.145. The number of piperazine rings is 1. The maximum atomic E-state index is 12.2. The Morgan fingerprint density at radius 2 is 1.12 bits per heavy atom. The van der Waals surface area contributed by atoms with E-state index in [9.17, 15) is 9.59 Å². The van der Waals surface area contributed by atoms with E-state index in [1.165, 1.54) is 0 Å². The minimum absolute atomic E-state index is 0.0848. The molecule has 0 saturated carbocycles. The second-order valence-corrected chi connectivity index (χ2v) is 14.7. The predicted octanol–water partition coefficient (Wildman–Crippen LogP) is 6.15. The van der Waals surface area contributed by atoms with Crippen LogP contribution >= 0.6 is 23.2 Å². The highest BCUT2D eigenvalue weighted by atomic mass is 35.5. The Morgan fingerprint density at radius 3 is 1.62 bits per heavy atom. The van der Waals surface area contributed by atoms with Crippen molar-refractivity contribution in [1.82, 2.24) is 30.2 Å². The smallest absolute Gasteiger partial charge is 0.262 e. The van der Waals surface area contributed by atoms with E-state index < -0.39 is 0 Å². The largest absolute Gasteiger partial charge is 0.484 e. The van der Waals surface area contributed by atoms with Crippen molar-refractivity contribution in [2.24, 2.45) is 0 Å². The molecule has 16 heteroatoms. The molecular weight excluding hydrogens is 779 g/mol. The lowest BCUT2D eigenvalue weighted by atomic mass is 10.2. The standard InChI is InChI=1S/C22H24ClN5O2.C20H20ClN5O2/c1-27-9-2-10-28(12-11-27)22-24-14-16-13-18(5-8-20(16)26-22)25-21(29)15-30-19-6-3-17(23)4-7-19;21-15-1-4-17(5-2-15)28-13-19(27)24-16-3-6-18-14(11-16)12-23-20(25-18)26-9-7-22-8-10-26/h3-8,13-14H,2,9-12,15H2,1H3,(H,25,29);1-6,11-12,22H,7-10,13H2,(H,24,27). The number of halogens is 2. The molecule has 2 saturated heterocycles. The van der Waals surface area contributed by atoms with Gasteiger partial charge in [0.05, 0.1) is 11.0 Å². The van der Waals surface area contributed by atoms with Crippen LogP contribution in [0.1, 0.15) is 6.42 Å². The number of hydrogen-bond acceptors (Lipinski definition) is 12. The zero-order valence-corrected chi connectivity index (χ0v) is 33.5. The topological polar surface area (TPSA) is 150 Å². The van der Waals surface area contributed by atoms with Gasteiger partial charge in [-0.05, 0) is 105 Å². The van der Waals surface area contributed by atoms with Gasteiger partial charge in [-0.25, -0.2) is 19.9 Å². The number of carbonyl (C=O) groups is 2. The van der Waals surface area contributed by atoms with E-state index in [2.05, 4.69) is 52.6 Å². The van der Waals surface area contributed by atoms with Crippen LogP contribution in [0.2, 0.25) is 10.0 Å². The van der Waals surface area contributed by atoms with E-state index in [1.54, 1.807) is 54.7 Å². The average Bonchev–Trinajstić information content (AvgIpc) is 3.47. The number of fused-ring (bicyclic) bond motifs is 2. The van der Waals surface area contributed by atoms with Crippen LogP contribution in [-0.2, 0) is 9.59 Å². The van der Waals surface area contributed by atoms with Crippen molar-refractivity contribution < 1.29 is 19.1 Å². The predicted molar refractivity (Wildman–Crippen MR) is 230 cm³/mol.